The highest BCUT2D eigenvalue weighted by molar-refractivity contribution is 5.29. The van der Waals surface area contributed by atoms with Crippen molar-refractivity contribution in [2.45, 2.75) is 45.4 Å². The second kappa shape index (κ2) is 8.15. The summed E-state index contributed by atoms with van der Waals surface area (Å²) in [6, 6.07) is 8.80. The first kappa shape index (κ1) is 13.0. The molecule has 1 aromatic rings. The van der Waals surface area contributed by atoms with E-state index in [9.17, 15) is 0 Å². The fourth-order valence-corrected chi connectivity index (χ4v) is 1.87. The molecule has 87 valence electrons. The highest BCUT2D eigenvalue weighted by atomic mass is 14.0. The first-order valence-electron chi connectivity index (χ1n) is 6.39. The average Bonchev–Trinajstić information content (AvgIpc) is 2.32. The normalized spacial score (nSPS) is 11.1. The number of hydrogen-bond acceptors (Lipinski definition) is 0. The number of benzene rings is 1. The van der Waals surface area contributed by atoms with E-state index in [1.807, 2.05) is 0 Å². The summed E-state index contributed by atoms with van der Waals surface area (Å²) in [6.45, 7) is 6.07. The molecule has 0 saturated carbocycles. The zero-order valence-corrected chi connectivity index (χ0v) is 10.4. The SMILES string of the molecule is [CH2]CCCCc1ccccc1C/C=C/CC. The van der Waals surface area contributed by atoms with Gasteiger partial charge in [-0.1, -0.05) is 63.1 Å². The Morgan fingerprint density at radius 2 is 1.81 bits per heavy atom. The molecule has 0 amide bonds. The minimum Gasteiger partial charge on any atom is -0.0885 e. The van der Waals surface area contributed by atoms with Gasteiger partial charge in [-0.15, -0.1) is 0 Å². The van der Waals surface area contributed by atoms with Crippen molar-refractivity contribution in [1.29, 1.82) is 0 Å². The standard InChI is InChI=1S/C16H23/c1-3-5-7-11-15-13-9-10-14-16(15)12-8-6-4-2/h6,8-10,13-14H,1,3-5,7,11-12H2,2H3/b8-6+. The Morgan fingerprint density at radius 3 is 2.50 bits per heavy atom. The Bertz CT molecular complexity index is 310. The molecule has 0 atom stereocenters. The van der Waals surface area contributed by atoms with E-state index < -0.39 is 0 Å². The second-order valence-electron chi connectivity index (χ2n) is 4.16. The Hall–Kier alpha value is -1.04. The van der Waals surface area contributed by atoms with Crippen molar-refractivity contribution in [1.82, 2.24) is 0 Å². The lowest BCUT2D eigenvalue weighted by atomic mass is 9.99. The number of allylic oxidation sites excluding steroid dienone is 2. The largest absolute Gasteiger partial charge is 0.0885 e. The molecule has 0 aliphatic heterocycles. The molecule has 0 spiro atoms. The summed E-state index contributed by atoms with van der Waals surface area (Å²) in [4.78, 5) is 0. The van der Waals surface area contributed by atoms with Gasteiger partial charge in [-0.2, -0.15) is 0 Å². The fourth-order valence-electron chi connectivity index (χ4n) is 1.87. The van der Waals surface area contributed by atoms with E-state index in [-0.39, 0.29) is 0 Å². The van der Waals surface area contributed by atoms with Gasteiger partial charge in [0.1, 0.15) is 0 Å². The van der Waals surface area contributed by atoms with Crippen molar-refractivity contribution in [3.8, 4) is 0 Å². The van der Waals surface area contributed by atoms with Crippen LogP contribution >= 0.6 is 0 Å². The molecule has 1 rings (SSSR count). The number of rotatable bonds is 7. The highest BCUT2D eigenvalue weighted by Crippen LogP contribution is 2.13. The van der Waals surface area contributed by atoms with Crippen LogP contribution in [0.15, 0.2) is 36.4 Å². The predicted molar refractivity (Wildman–Crippen MR) is 72.5 cm³/mol. The Labute approximate surface area is 100 Å². The van der Waals surface area contributed by atoms with Crippen molar-refractivity contribution in [2.75, 3.05) is 0 Å². The lowest BCUT2D eigenvalue weighted by molar-refractivity contribution is 0.742. The van der Waals surface area contributed by atoms with E-state index in [1.165, 1.54) is 30.4 Å². The smallest absolute Gasteiger partial charge is 0.00947 e. The predicted octanol–water partition coefficient (Wildman–Crippen LogP) is 4.74. The van der Waals surface area contributed by atoms with Gasteiger partial charge in [0.2, 0.25) is 0 Å². The van der Waals surface area contributed by atoms with Crippen molar-refractivity contribution >= 4 is 0 Å². The van der Waals surface area contributed by atoms with Crippen LogP contribution < -0.4 is 0 Å². The molecule has 0 nitrogen and oxygen atoms in total. The van der Waals surface area contributed by atoms with Crippen LogP contribution in [0.1, 0.15) is 43.7 Å². The van der Waals surface area contributed by atoms with Gasteiger partial charge in [0.15, 0.2) is 0 Å². The van der Waals surface area contributed by atoms with E-state index in [4.69, 9.17) is 0 Å². The summed E-state index contributed by atoms with van der Waals surface area (Å²) in [5.41, 5.74) is 2.99. The quantitative estimate of drug-likeness (QED) is 0.455. The first-order chi connectivity index (χ1) is 7.88. The molecule has 0 saturated heterocycles. The minimum atomic E-state index is 1.05. The molecule has 0 aromatic heterocycles. The number of unbranched alkanes of at least 4 members (excludes halogenated alkanes) is 2. The topological polar surface area (TPSA) is 0 Å². The third-order valence-corrected chi connectivity index (χ3v) is 2.80. The fraction of sp³-hybridized carbons (Fsp3) is 0.438. The molecular weight excluding hydrogens is 192 g/mol. The van der Waals surface area contributed by atoms with Gasteiger partial charge in [-0.05, 0) is 36.8 Å². The van der Waals surface area contributed by atoms with Gasteiger partial charge in [0, 0.05) is 0 Å². The Morgan fingerprint density at radius 1 is 1.06 bits per heavy atom. The molecule has 0 aliphatic rings. The monoisotopic (exact) mass is 215 g/mol. The molecule has 0 heteroatoms. The lowest BCUT2D eigenvalue weighted by Crippen LogP contribution is -1.93. The van der Waals surface area contributed by atoms with E-state index >= 15 is 0 Å². The molecule has 0 N–H and O–H groups in total. The zero-order chi connectivity index (χ0) is 11.6. The Balaban J connectivity index is 2.56. The summed E-state index contributed by atoms with van der Waals surface area (Å²) < 4.78 is 0. The van der Waals surface area contributed by atoms with Crippen molar-refractivity contribution < 1.29 is 0 Å². The van der Waals surface area contributed by atoms with Gasteiger partial charge in [-0.3, -0.25) is 0 Å². The zero-order valence-electron chi connectivity index (χ0n) is 10.4. The molecule has 1 radical (unpaired) electrons. The van der Waals surface area contributed by atoms with Crippen LogP contribution in [0.3, 0.4) is 0 Å². The molecule has 16 heavy (non-hydrogen) atoms. The summed E-state index contributed by atoms with van der Waals surface area (Å²) in [5.74, 6) is 0. The van der Waals surface area contributed by atoms with Crippen LogP contribution in [0.2, 0.25) is 0 Å². The van der Waals surface area contributed by atoms with Gasteiger partial charge < -0.3 is 0 Å². The highest BCUT2D eigenvalue weighted by Gasteiger charge is 1.99. The van der Waals surface area contributed by atoms with Crippen molar-refractivity contribution in [3.63, 3.8) is 0 Å². The van der Waals surface area contributed by atoms with E-state index in [2.05, 4.69) is 50.3 Å². The van der Waals surface area contributed by atoms with Gasteiger partial charge in [-0.25, -0.2) is 0 Å². The van der Waals surface area contributed by atoms with Gasteiger partial charge in [0.05, 0.1) is 0 Å². The number of hydrogen-bond donors (Lipinski definition) is 0. The van der Waals surface area contributed by atoms with Crippen LogP contribution in [-0.2, 0) is 12.8 Å². The van der Waals surface area contributed by atoms with Crippen molar-refractivity contribution in [3.05, 3.63) is 54.5 Å². The van der Waals surface area contributed by atoms with Gasteiger partial charge >= 0.3 is 0 Å². The third-order valence-electron chi connectivity index (χ3n) is 2.80. The van der Waals surface area contributed by atoms with Crippen LogP contribution in [-0.4, -0.2) is 0 Å². The van der Waals surface area contributed by atoms with Crippen LogP contribution in [0.4, 0.5) is 0 Å². The molecule has 0 bridgehead atoms. The lowest BCUT2D eigenvalue weighted by Gasteiger charge is -2.07. The maximum Gasteiger partial charge on any atom is -0.00947 e. The van der Waals surface area contributed by atoms with Crippen LogP contribution in [0.25, 0.3) is 0 Å². The molecule has 0 fully saturated rings. The summed E-state index contributed by atoms with van der Waals surface area (Å²) in [6.07, 6.45) is 11.5. The molecule has 0 unspecified atom stereocenters. The van der Waals surface area contributed by atoms with Crippen LogP contribution in [0.5, 0.6) is 0 Å². The van der Waals surface area contributed by atoms with Crippen LogP contribution in [0, 0.1) is 6.92 Å². The second-order valence-corrected chi connectivity index (χ2v) is 4.16. The summed E-state index contributed by atoms with van der Waals surface area (Å²) in [7, 11) is 0. The van der Waals surface area contributed by atoms with E-state index in [0.717, 1.165) is 19.3 Å². The molecule has 1 aromatic carbocycles. The molecule has 0 aliphatic carbocycles. The minimum absolute atomic E-state index is 1.05. The average molecular weight is 215 g/mol. The first-order valence-corrected chi connectivity index (χ1v) is 6.39. The number of aryl methyl sites for hydroxylation is 1. The van der Waals surface area contributed by atoms with Crippen molar-refractivity contribution in [2.24, 2.45) is 0 Å². The van der Waals surface area contributed by atoms with E-state index in [0.29, 0.717) is 0 Å². The maximum atomic E-state index is 3.89. The third kappa shape index (κ3) is 4.65. The summed E-state index contributed by atoms with van der Waals surface area (Å²) in [5, 5.41) is 0. The van der Waals surface area contributed by atoms with Gasteiger partial charge in [0.25, 0.3) is 0 Å². The summed E-state index contributed by atoms with van der Waals surface area (Å²) >= 11 is 0. The maximum absolute atomic E-state index is 3.89. The van der Waals surface area contributed by atoms with E-state index in [1.54, 1.807) is 0 Å². The molecule has 0 heterocycles. The molecular formula is C16H23. The Kier molecular flexibility index (Phi) is 6.64.